The number of hydrogen-bond donors (Lipinski definition) is 1. The smallest absolute Gasteiger partial charge is 0.298 e. The Bertz CT molecular complexity index is 1610. The van der Waals surface area contributed by atoms with Gasteiger partial charge in [-0.15, -0.1) is 0 Å². The first kappa shape index (κ1) is 23.5. The number of thioether (sulfide) groups is 1. The van der Waals surface area contributed by atoms with E-state index in [1.165, 1.54) is 16.3 Å². The number of para-hydroxylation sites is 2. The fourth-order valence-electron chi connectivity index (χ4n) is 3.91. The lowest BCUT2D eigenvalue weighted by molar-refractivity contribution is -0.113. The van der Waals surface area contributed by atoms with Crippen molar-refractivity contribution >= 4 is 45.4 Å². The van der Waals surface area contributed by atoms with Crippen molar-refractivity contribution in [1.29, 1.82) is 0 Å². The van der Waals surface area contributed by atoms with Crippen molar-refractivity contribution in [3.63, 3.8) is 0 Å². The zero-order valence-corrected chi connectivity index (χ0v) is 20.5. The van der Waals surface area contributed by atoms with E-state index in [1.807, 2.05) is 42.5 Å². The van der Waals surface area contributed by atoms with E-state index in [2.05, 4.69) is 5.32 Å². The molecule has 1 N–H and O–H groups in total. The monoisotopic (exact) mass is 501 g/mol. The van der Waals surface area contributed by atoms with Crippen LogP contribution in [0.3, 0.4) is 0 Å². The second-order valence-electron chi connectivity index (χ2n) is 7.94. The largest absolute Gasteiger partial charge is 0.497 e. The summed E-state index contributed by atoms with van der Waals surface area (Å²) in [5, 5.41) is 4.02. The molecule has 5 rings (SSSR count). The molecule has 182 valence electrons. The van der Waals surface area contributed by atoms with Gasteiger partial charge in [-0.3, -0.25) is 14.2 Å². The van der Waals surface area contributed by atoms with Crippen LogP contribution in [-0.2, 0) is 11.3 Å². The molecule has 0 aliphatic carbocycles. The van der Waals surface area contributed by atoms with Gasteiger partial charge >= 0.3 is 0 Å². The minimum Gasteiger partial charge on any atom is -0.497 e. The lowest BCUT2D eigenvalue weighted by Gasteiger charge is -2.14. The third kappa shape index (κ3) is 4.65. The maximum atomic E-state index is 13.6. The summed E-state index contributed by atoms with van der Waals surface area (Å²) >= 11 is 1.19. The van der Waals surface area contributed by atoms with Gasteiger partial charge in [0, 0.05) is 16.6 Å². The molecule has 1 amide bonds. The summed E-state index contributed by atoms with van der Waals surface area (Å²) < 4.78 is 18.0. The second kappa shape index (κ2) is 10.2. The van der Waals surface area contributed by atoms with E-state index < -0.39 is 0 Å². The second-order valence-corrected chi connectivity index (χ2v) is 8.88. The number of anilines is 1. The van der Waals surface area contributed by atoms with E-state index >= 15 is 0 Å². The van der Waals surface area contributed by atoms with E-state index in [-0.39, 0.29) is 29.3 Å². The van der Waals surface area contributed by atoms with Crippen LogP contribution in [0.1, 0.15) is 5.56 Å². The number of rotatable bonds is 8. The summed E-state index contributed by atoms with van der Waals surface area (Å²) in [6.45, 7) is 0.214. The molecule has 36 heavy (non-hydrogen) atoms. The van der Waals surface area contributed by atoms with Gasteiger partial charge in [0.25, 0.3) is 5.56 Å². The Kier molecular flexibility index (Phi) is 6.64. The third-order valence-electron chi connectivity index (χ3n) is 5.67. The van der Waals surface area contributed by atoms with Crippen LogP contribution in [0.5, 0.6) is 11.5 Å². The molecule has 0 fully saturated rings. The number of benzene rings is 3. The van der Waals surface area contributed by atoms with Crippen LogP contribution in [-0.4, -0.2) is 35.4 Å². The summed E-state index contributed by atoms with van der Waals surface area (Å²) in [5.41, 5.74) is 2.38. The Hall–Kier alpha value is -4.24. The van der Waals surface area contributed by atoms with E-state index in [0.717, 1.165) is 10.9 Å². The van der Waals surface area contributed by atoms with Gasteiger partial charge in [-0.05, 0) is 42.5 Å². The van der Waals surface area contributed by atoms with Gasteiger partial charge in [0.2, 0.25) is 11.5 Å². The van der Waals surface area contributed by atoms with E-state index in [4.69, 9.17) is 18.9 Å². The number of nitrogens with one attached hydrogen (secondary N) is 1. The molecule has 0 bridgehead atoms. The average molecular weight is 502 g/mol. The lowest BCUT2D eigenvalue weighted by atomic mass is 10.2. The van der Waals surface area contributed by atoms with Crippen LogP contribution in [0, 0.1) is 0 Å². The highest BCUT2D eigenvalue weighted by Crippen LogP contribution is 2.28. The minimum atomic E-state index is -0.319. The van der Waals surface area contributed by atoms with Gasteiger partial charge in [-0.2, -0.15) is 0 Å². The van der Waals surface area contributed by atoms with Crippen molar-refractivity contribution in [3.8, 4) is 11.5 Å². The number of aromatic nitrogens is 2. The van der Waals surface area contributed by atoms with E-state index in [9.17, 15) is 9.59 Å². The van der Waals surface area contributed by atoms with Crippen LogP contribution < -0.4 is 20.3 Å². The molecule has 2 heterocycles. The average Bonchev–Trinajstić information content (AvgIpc) is 3.29. The molecule has 0 atom stereocenters. The molecular formula is C27H23N3O5S. The Balaban J connectivity index is 1.50. The van der Waals surface area contributed by atoms with Crippen LogP contribution >= 0.6 is 11.8 Å². The topological polar surface area (TPSA) is 95.6 Å². The molecular weight excluding hydrogens is 478 g/mol. The SMILES string of the molecule is COc1ccc(NC(=O)CSc2nc3c(oc4ccccc43)c(=O)n2Cc2ccccc2OC)cc1. The highest BCUT2D eigenvalue weighted by Gasteiger charge is 2.19. The summed E-state index contributed by atoms with van der Waals surface area (Å²) in [5.74, 6) is 1.20. The first-order chi connectivity index (χ1) is 17.6. The molecule has 0 spiro atoms. The fourth-order valence-corrected chi connectivity index (χ4v) is 4.70. The van der Waals surface area contributed by atoms with Crippen molar-refractivity contribution in [3.05, 3.63) is 88.7 Å². The van der Waals surface area contributed by atoms with Gasteiger partial charge in [-0.25, -0.2) is 4.98 Å². The van der Waals surface area contributed by atoms with Crippen molar-refractivity contribution in [2.24, 2.45) is 0 Å². The molecule has 0 radical (unpaired) electrons. The van der Waals surface area contributed by atoms with Crippen LogP contribution in [0.15, 0.2) is 87.2 Å². The number of carbonyl (C=O) groups is 1. The third-order valence-corrected chi connectivity index (χ3v) is 6.65. The predicted octanol–water partition coefficient (Wildman–Crippen LogP) is 4.94. The molecule has 9 heteroatoms. The van der Waals surface area contributed by atoms with Gasteiger partial charge in [-0.1, -0.05) is 42.1 Å². The molecule has 3 aromatic carbocycles. The summed E-state index contributed by atoms with van der Waals surface area (Å²) in [7, 11) is 3.17. The maximum absolute atomic E-state index is 13.6. The predicted molar refractivity (Wildman–Crippen MR) is 140 cm³/mol. The number of furan rings is 1. The number of hydrogen-bond acceptors (Lipinski definition) is 7. The highest BCUT2D eigenvalue weighted by molar-refractivity contribution is 7.99. The van der Waals surface area contributed by atoms with Crippen molar-refractivity contribution < 1.29 is 18.7 Å². The number of ether oxygens (including phenoxy) is 2. The summed E-state index contributed by atoms with van der Waals surface area (Å²) in [4.78, 5) is 31.1. The van der Waals surface area contributed by atoms with Gasteiger partial charge in [0.05, 0.1) is 26.5 Å². The normalized spacial score (nSPS) is 11.1. The molecule has 0 unspecified atom stereocenters. The van der Waals surface area contributed by atoms with Crippen LogP contribution in [0.2, 0.25) is 0 Å². The fraction of sp³-hybridized carbons (Fsp3) is 0.148. The van der Waals surface area contributed by atoms with Gasteiger partial charge < -0.3 is 19.2 Å². The summed E-state index contributed by atoms with van der Waals surface area (Å²) in [6.07, 6.45) is 0. The Morgan fingerprint density at radius 3 is 2.53 bits per heavy atom. The van der Waals surface area contributed by atoms with Gasteiger partial charge in [0.15, 0.2) is 5.16 Å². The van der Waals surface area contributed by atoms with E-state index in [1.54, 1.807) is 44.6 Å². The zero-order valence-electron chi connectivity index (χ0n) is 19.7. The van der Waals surface area contributed by atoms with Crippen molar-refractivity contribution in [2.75, 3.05) is 25.3 Å². The van der Waals surface area contributed by atoms with Crippen molar-refractivity contribution in [1.82, 2.24) is 9.55 Å². The number of fused-ring (bicyclic) bond motifs is 3. The highest BCUT2D eigenvalue weighted by atomic mass is 32.2. The number of nitrogens with zero attached hydrogens (tertiary/aromatic N) is 2. The van der Waals surface area contributed by atoms with E-state index in [0.29, 0.717) is 33.4 Å². The number of methoxy groups -OCH3 is 2. The molecule has 0 aliphatic rings. The van der Waals surface area contributed by atoms with Crippen LogP contribution in [0.25, 0.3) is 22.1 Å². The molecule has 0 saturated heterocycles. The standard InChI is InChI=1S/C27H23N3O5S/c1-33-19-13-11-18(12-14-19)28-23(31)16-36-27-29-24-20-8-4-6-10-22(20)35-25(24)26(32)30(27)15-17-7-3-5-9-21(17)34-2/h3-14H,15-16H2,1-2H3,(H,28,31). The maximum Gasteiger partial charge on any atom is 0.298 e. The quantitative estimate of drug-likeness (QED) is 0.238. The Morgan fingerprint density at radius 2 is 1.75 bits per heavy atom. The molecule has 5 aromatic rings. The summed E-state index contributed by atoms with van der Waals surface area (Å²) in [6, 6.07) is 21.9. The molecule has 0 aliphatic heterocycles. The molecule has 2 aromatic heterocycles. The number of carbonyl (C=O) groups excluding carboxylic acids is 1. The first-order valence-corrected chi connectivity index (χ1v) is 12.2. The molecule has 8 nitrogen and oxygen atoms in total. The zero-order chi connectivity index (χ0) is 25.1. The first-order valence-electron chi connectivity index (χ1n) is 11.2. The Morgan fingerprint density at radius 1 is 1.00 bits per heavy atom. The van der Waals surface area contributed by atoms with Crippen molar-refractivity contribution in [2.45, 2.75) is 11.7 Å². The molecule has 0 saturated carbocycles. The van der Waals surface area contributed by atoms with Crippen LogP contribution in [0.4, 0.5) is 5.69 Å². The lowest BCUT2D eigenvalue weighted by Crippen LogP contribution is -2.24. The Labute approximate surface area is 210 Å². The van der Waals surface area contributed by atoms with Gasteiger partial charge in [0.1, 0.15) is 22.6 Å². The number of amides is 1. The minimum absolute atomic E-state index is 0.0612.